The van der Waals surface area contributed by atoms with Gasteiger partial charge in [0.2, 0.25) is 5.91 Å². The number of anilines is 2. The third-order valence-electron chi connectivity index (χ3n) is 3.51. The number of nitrogens with one attached hydrogen (secondary N) is 2. The maximum atomic E-state index is 12.3. The van der Waals surface area contributed by atoms with E-state index in [9.17, 15) is 4.79 Å². The summed E-state index contributed by atoms with van der Waals surface area (Å²) in [6, 6.07) is 14.9. The minimum Gasteiger partial charge on any atom is -0.491 e. The molecule has 1 amide bonds. The Labute approximate surface area is 160 Å². The molecular formula is C21H28N2O4. The maximum Gasteiger partial charge on any atom is 0.243 e. The van der Waals surface area contributed by atoms with E-state index in [0.29, 0.717) is 31.3 Å². The van der Waals surface area contributed by atoms with Gasteiger partial charge >= 0.3 is 0 Å². The predicted octanol–water partition coefficient (Wildman–Crippen LogP) is 3.94. The van der Waals surface area contributed by atoms with E-state index in [0.717, 1.165) is 11.4 Å². The number of amides is 1. The van der Waals surface area contributed by atoms with Gasteiger partial charge in [0.25, 0.3) is 0 Å². The summed E-state index contributed by atoms with van der Waals surface area (Å²) < 4.78 is 16.6. The van der Waals surface area contributed by atoms with Crippen LogP contribution in [0.15, 0.2) is 48.5 Å². The zero-order valence-corrected chi connectivity index (χ0v) is 16.2. The van der Waals surface area contributed by atoms with Gasteiger partial charge in [-0.15, -0.1) is 0 Å². The van der Waals surface area contributed by atoms with Gasteiger partial charge in [-0.2, -0.15) is 0 Å². The molecule has 0 aliphatic carbocycles. The fourth-order valence-corrected chi connectivity index (χ4v) is 2.38. The van der Waals surface area contributed by atoms with Gasteiger partial charge in [0.1, 0.15) is 18.1 Å². The number of carbonyl (C=O) groups is 1. The SMILES string of the molecule is CCOCCOc1ccccc1NC(=O)CNc1cccc(OC(C)C)c1. The van der Waals surface area contributed by atoms with Gasteiger partial charge in [-0.05, 0) is 45.0 Å². The van der Waals surface area contributed by atoms with Crippen LogP contribution in [0.25, 0.3) is 0 Å². The van der Waals surface area contributed by atoms with Crippen molar-refractivity contribution in [2.45, 2.75) is 26.9 Å². The van der Waals surface area contributed by atoms with Crippen LogP contribution in [-0.4, -0.2) is 38.4 Å². The molecule has 2 rings (SSSR count). The van der Waals surface area contributed by atoms with Crippen LogP contribution in [0, 0.1) is 0 Å². The zero-order valence-electron chi connectivity index (χ0n) is 16.2. The number of carbonyl (C=O) groups excluding carboxylic acids is 1. The van der Waals surface area contributed by atoms with Crippen molar-refractivity contribution in [2.24, 2.45) is 0 Å². The van der Waals surface area contributed by atoms with E-state index in [2.05, 4.69) is 10.6 Å². The van der Waals surface area contributed by atoms with Gasteiger partial charge in [-0.1, -0.05) is 18.2 Å². The van der Waals surface area contributed by atoms with Crippen molar-refractivity contribution in [2.75, 3.05) is 37.0 Å². The van der Waals surface area contributed by atoms with E-state index in [1.807, 2.05) is 69.3 Å². The van der Waals surface area contributed by atoms with Gasteiger partial charge in [0.05, 0.1) is 24.9 Å². The van der Waals surface area contributed by atoms with Crippen LogP contribution < -0.4 is 20.1 Å². The molecule has 0 bridgehead atoms. The topological polar surface area (TPSA) is 68.8 Å². The summed E-state index contributed by atoms with van der Waals surface area (Å²) in [7, 11) is 0. The standard InChI is InChI=1S/C21H28N2O4/c1-4-25-12-13-26-20-11-6-5-10-19(20)23-21(24)15-22-17-8-7-9-18(14-17)27-16(2)3/h5-11,14,16,22H,4,12-13,15H2,1-3H3,(H,23,24). The van der Waals surface area contributed by atoms with Crippen molar-refractivity contribution >= 4 is 17.3 Å². The van der Waals surface area contributed by atoms with Crippen molar-refractivity contribution in [1.82, 2.24) is 0 Å². The van der Waals surface area contributed by atoms with Crippen molar-refractivity contribution in [3.8, 4) is 11.5 Å². The van der Waals surface area contributed by atoms with Crippen LogP contribution in [-0.2, 0) is 9.53 Å². The Morgan fingerprint density at radius 1 is 1.07 bits per heavy atom. The number of hydrogen-bond acceptors (Lipinski definition) is 5. The van der Waals surface area contributed by atoms with Gasteiger partial charge in [0.15, 0.2) is 0 Å². The number of para-hydroxylation sites is 2. The van der Waals surface area contributed by atoms with Crippen molar-refractivity contribution < 1.29 is 19.0 Å². The molecule has 0 aliphatic heterocycles. The van der Waals surface area contributed by atoms with E-state index in [1.54, 1.807) is 0 Å². The molecular weight excluding hydrogens is 344 g/mol. The summed E-state index contributed by atoms with van der Waals surface area (Å²) in [5.41, 5.74) is 1.46. The highest BCUT2D eigenvalue weighted by molar-refractivity contribution is 5.95. The normalized spacial score (nSPS) is 10.5. The summed E-state index contributed by atoms with van der Waals surface area (Å²) in [5.74, 6) is 1.23. The summed E-state index contributed by atoms with van der Waals surface area (Å²) in [5, 5.41) is 5.97. The lowest BCUT2D eigenvalue weighted by atomic mass is 10.2. The lowest BCUT2D eigenvalue weighted by Crippen LogP contribution is -2.22. The molecule has 6 heteroatoms. The highest BCUT2D eigenvalue weighted by atomic mass is 16.5. The van der Waals surface area contributed by atoms with E-state index in [4.69, 9.17) is 14.2 Å². The highest BCUT2D eigenvalue weighted by Crippen LogP contribution is 2.24. The monoisotopic (exact) mass is 372 g/mol. The Kier molecular flexibility index (Phi) is 8.45. The number of hydrogen-bond donors (Lipinski definition) is 2. The molecule has 6 nitrogen and oxygen atoms in total. The molecule has 0 saturated carbocycles. The molecule has 0 unspecified atom stereocenters. The lowest BCUT2D eigenvalue weighted by molar-refractivity contribution is -0.114. The predicted molar refractivity (Wildman–Crippen MR) is 108 cm³/mol. The quantitative estimate of drug-likeness (QED) is 0.585. The molecule has 0 aromatic heterocycles. The van der Waals surface area contributed by atoms with E-state index >= 15 is 0 Å². The molecule has 0 atom stereocenters. The van der Waals surface area contributed by atoms with Crippen molar-refractivity contribution in [3.05, 3.63) is 48.5 Å². The molecule has 2 aromatic rings. The highest BCUT2D eigenvalue weighted by Gasteiger charge is 2.08. The second kappa shape index (κ2) is 11.1. The largest absolute Gasteiger partial charge is 0.491 e. The van der Waals surface area contributed by atoms with Crippen LogP contribution in [0.1, 0.15) is 20.8 Å². The van der Waals surface area contributed by atoms with Gasteiger partial charge in [-0.3, -0.25) is 4.79 Å². The summed E-state index contributed by atoms with van der Waals surface area (Å²) >= 11 is 0. The summed E-state index contributed by atoms with van der Waals surface area (Å²) in [6.07, 6.45) is 0.0998. The molecule has 0 radical (unpaired) electrons. The second-order valence-corrected chi connectivity index (χ2v) is 6.14. The van der Waals surface area contributed by atoms with Gasteiger partial charge in [0, 0.05) is 18.4 Å². The first-order chi connectivity index (χ1) is 13.1. The van der Waals surface area contributed by atoms with Gasteiger partial charge < -0.3 is 24.8 Å². The molecule has 146 valence electrons. The fraction of sp³-hybridized carbons (Fsp3) is 0.381. The molecule has 0 fully saturated rings. The molecule has 27 heavy (non-hydrogen) atoms. The Balaban J connectivity index is 1.87. The third-order valence-corrected chi connectivity index (χ3v) is 3.51. The third kappa shape index (κ3) is 7.58. The second-order valence-electron chi connectivity index (χ2n) is 6.14. The van der Waals surface area contributed by atoms with Crippen LogP contribution in [0.5, 0.6) is 11.5 Å². The Hall–Kier alpha value is -2.73. The average molecular weight is 372 g/mol. The molecule has 0 aliphatic rings. The van der Waals surface area contributed by atoms with E-state index in [-0.39, 0.29) is 18.6 Å². The minimum atomic E-state index is -0.161. The summed E-state index contributed by atoms with van der Waals surface area (Å²) in [6.45, 7) is 7.61. The first-order valence-electron chi connectivity index (χ1n) is 9.18. The van der Waals surface area contributed by atoms with Gasteiger partial charge in [-0.25, -0.2) is 0 Å². The average Bonchev–Trinajstić information content (AvgIpc) is 2.64. The smallest absolute Gasteiger partial charge is 0.243 e. The Morgan fingerprint density at radius 3 is 2.67 bits per heavy atom. The van der Waals surface area contributed by atoms with Crippen LogP contribution in [0.2, 0.25) is 0 Å². The molecule has 2 N–H and O–H groups in total. The van der Waals surface area contributed by atoms with Crippen molar-refractivity contribution in [3.63, 3.8) is 0 Å². The maximum absolute atomic E-state index is 12.3. The van der Waals surface area contributed by atoms with Crippen LogP contribution in [0.4, 0.5) is 11.4 Å². The van der Waals surface area contributed by atoms with Crippen LogP contribution >= 0.6 is 0 Å². The van der Waals surface area contributed by atoms with E-state index < -0.39 is 0 Å². The number of rotatable bonds is 11. The van der Waals surface area contributed by atoms with E-state index in [1.165, 1.54) is 0 Å². The molecule has 0 saturated heterocycles. The number of benzene rings is 2. The fourth-order valence-electron chi connectivity index (χ4n) is 2.38. The lowest BCUT2D eigenvalue weighted by Gasteiger charge is -2.14. The summed E-state index contributed by atoms with van der Waals surface area (Å²) in [4.78, 5) is 12.3. The number of ether oxygens (including phenoxy) is 3. The van der Waals surface area contributed by atoms with Crippen LogP contribution in [0.3, 0.4) is 0 Å². The molecule has 0 spiro atoms. The Bertz CT molecular complexity index is 719. The molecule has 0 heterocycles. The van der Waals surface area contributed by atoms with Crippen molar-refractivity contribution in [1.29, 1.82) is 0 Å². The first-order valence-corrected chi connectivity index (χ1v) is 9.18. The molecule has 2 aromatic carbocycles. The first kappa shape index (κ1) is 20.6. The minimum absolute atomic E-state index is 0.0998. The zero-order chi connectivity index (χ0) is 19.5. The Morgan fingerprint density at radius 2 is 1.89 bits per heavy atom.